The maximum absolute atomic E-state index is 13.2. The molecule has 56 heavy (non-hydrogen) atoms. The predicted octanol–water partition coefficient (Wildman–Crippen LogP) is 14.1. The second-order valence-electron chi connectivity index (χ2n) is 20.5. The first kappa shape index (κ1) is 47.7. The number of carbonyl (C=O) groups is 2. The first-order chi connectivity index (χ1) is 26.9. The van der Waals surface area contributed by atoms with E-state index in [0.717, 1.165) is 80.0 Å². The van der Waals surface area contributed by atoms with Crippen LogP contribution in [-0.2, 0) is 9.53 Å². The average molecular weight is 799 g/mol. The second-order valence-corrected chi connectivity index (χ2v) is 21.6. The molecule has 3 saturated carbocycles. The lowest BCUT2D eigenvalue weighted by atomic mass is 9.47. The van der Waals surface area contributed by atoms with E-state index < -0.39 is 0 Å². The average Bonchev–Trinajstić information content (AvgIpc) is 3.51. The number of unbranched alkanes of at least 4 members (excludes halogenated alkanes) is 11. The van der Waals surface area contributed by atoms with Crippen molar-refractivity contribution in [3.8, 4) is 0 Å². The van der Waals surface area contributed by atoms with Gasteiger partial charge in [0.1, 0.15) is 6.10 Å². The van der Waals surface area contributed by atoms with E-state index >= 15 is 0 Å². The Morgan fingerprint density at radius 2 is 1.45 bits per heavy atom. The Hall–Kier alpha value is -1.01. The molecule has 324 valence electrons. The van der Waals surface area contributed by atoms with Crippen LogP contribution in [0, 0.1) is 46.3 Å². The van der Waals surface area contributed by atoms with Crippen molar-refractivity contribution in [2.24, 2.45) is 46.3 Å². The number of fused-ring (bicyclic) bond motifs is 5. The summed E-state index contributed by atoms with van der Waals surface area (Å²) >= 11 is 1.43. The summed E-state index contributed by atoms with van der Waals surface area (Å²) in [5.74, 6) is 5.80. The van der Waals surface area contributed by atoms with E-state index in [9.17, 15) is 9.59 Å². The van der Waals surface area contributed by atoms with Gasteiger partial charge in [0.05, 0.1) is 0 Å². The smallest absolute Gasteiger partial charge is 0.306 e. The topological polar surface area (TPSA) is 49.9 Å². The SMILES string of the molecule is CCCCCCCCCCCCCCN(CCCC(=O)O[C@H]1CC[C@@]2(C)C(=CC[C@H]3[C@@H]4CC[C@H]([C@H](C)CCCC(C)C)[C@@]4(C)CC[C@@H]32)C1)C(=O)SCCN(C)C. The molecular weight excluding hydrogens is 709 g/mol. The molecule has 0 unspecified atom stereocenters. The molecule has 4 rings (SSSR count). The zero-order valence-corrected chi connectivity index (χ0v) is 39.0. The highest BCUT2D eigenvalue weighted by Gasteiger charge is 2.59. The molecule has 4 aliphatic rings. The minimum absolute atomic E-state index is 0.00941. The number of nitrogens with zero attached hydrogens (tertiary/aromatic N) is 2. The van der Waals surface area contributed by atoms with Gasteiger partial charge in [-0.3, -0.25) is 9.59 Å². The van der Waals surface area contributed by atoms with Gasteiger partial charge in [-0.15, -0.1) is 0 Å². The van der Waals surface area contributed by atoms with Gasteiger partial charge in [0.25, 0.3) is 5.24 Å². The largest absolute Gasteiger partial charge is 0.462 e. The van der Waals surface area contributed by atoms with Gasteiger partial charge >= 0.3 is 5.97 Å². The third kappa shape index (κ3) is 14.0. The van der Waals surface area contributed by atoms with E-state index in [2.05, 4.69) is 66.6 Å². The summed E-state index contributed by atoms with van der Waals surface area (Å²) in [7, 11) is 4.11. The molecule has 5 nitrogen and oxygen atoms in total. The zero-order valence-electron chi connectivity index (χ0n) is 38.2. The van der Waals surface area contributed by atoms with Crippen LogP contribution >= 0.6 is 11.8 Å². The van der Waals surface area contributed by atoms with Crippen LogP contribution in [0.1, 0.15) is 202 Å². The van der Waals surface area contributed by atoms with Crippen molar-refractivity contribution in [2.75, 3.05) is 39.5 Å². The molecule has 0 radical (unpaired) electrons. The van der Waals surface area contributed by atoms with Gasteiger partial charge < -0.3 is 14.5 Å². The highest BCUT2D eigenvalue weighted by molar-refractivity contribution is 8.13. The highest BCUT2D eigenvalue weighted by Crippen LogP contribution is 2.67. The summed E-state index contributed by atoms with van der Waals surface area (Å²) in [6, 6.07) is 0. The van der Waals surface area contributed by atoms with Gasteiger partial charge in [-0.1, -0.05) is 155 Å². The van der Waals surface area contributed by atoms with Crippen molar-refractivity contribution >= 4 is 23.0 Å². The quantitative estimate of drug-likeness (QED) is 0.0496. The molecule has 0 bridgehead atoms. The lowest BCUT2D eigenvalue weighted by Crippen LogP contribution is -2.51. The fraction of sp³-hybridized carbons (Fsp3) is 0.920. The van der Waals surface area contributed by atoms with E-state index in [0.29, 0.717) is 24.8 Å². The molecule has 3 fully saturated rings. The molecule has 0 saturated heterocycles. The van der Waals surface area contributed by atoms with Crippen LogP contribution in [0.5, 0.6) is 0 Å². The van der Waals surface area contributed by atoms with Crippen molar-refractivity contribution in [1.29, 1.82) is 0 Å². The summed E-state index contributed by atoms with van der Waals surface area (Å²) in [5, 5.41) is 0.171. The normalized spacial score (nSPS) is 29.1. The van der Waals surface area contributed by atoms with Gasteiger partial charge in [0.2, 0.25) is 0 Å². The molecule has 0 aliphatic heterocycles. The third-order valence-electron chi connectivity index (χ3n) is 15.7. The van der Waals surface area contributed by atoms with Crippen molar-refractivity contribution in [3.05, 3.63) is 11.6 Å². The van der Waals surface area contributed by atoms with Gasteiger partial charge in [-0.25, -0.2) is 0 Å². The number of hydrogen-bond donors (Lipinski definition) is 0. The number of rotatable bonds is 26. The van der Waals surface area contributed by atoms with Crippen molar-refractivity contribution in [1.82, 2.24) is 9.80 Å². The standard InChI is InChI=1S/C50H90N2O3S/c1-9-10-11-12-13-14-15-16-17-18-19-20-34-52(48(54)56-37-36-51(7)8)35-22-25-47(53)55-42-30-32-49(5)41(38-42)26-27-43-45-29-28-44(40(4)24-21-23-39(2)3)50(45,6)33-31-46(43)49/h26,39-40,42-46H,9-25,27-38H2,1-8H3/t40-,42+,43+,44-,45+,46+,49+,50-/m1/s1. The van der Waals surface area contributed by atoms with Crippen molar-refractivity contribution in [3.63, 3.8) is 0 Å². The number of allylic oxidation sites excluding steroid dienone is 1. The van der Waals surface area contributed by atoms with E-state index in [-0.39, 0.29) is 22.7 Å². The molecule has 0 spiro atoms. The predicted molar refractivity (Wildman–Crippen MR) is 241 cm³/mol. The minimum Gasteiger partial charge on any atom is -0.462 e. The van der Waals surface area contributed by atoms with Crippen LogP contribution in [-0.4, -0.2) is 66.6 Å². The Bertz CT molecular complexity index is 1190. The molecule has 0 aromatic rings. The Labute approximate surface area is 351 Å². The van der Waals surface area contributed by atoms with Gasteiger partial charge in [-0.2, -0.15) is 0 Å². The molecule has 6 heteroatoms. The fourth-order valence-electron chi connectivity index (χ4n) is 12.3. The van der Waals surface area contributed by atoms with Crippen molar-refractivity contribution in [2.45, 2.75) is 208 Å². The van der Waals surface area contributed by atoms with E-state index in [1.807, 2.05) is 4.90 Å². The van der Waals surface area contributed by atoms with Crippen LogP contribution in [0.25, 0.3) is 0 Å². The van der Waals surface area contributed by atoms with E-state index in [1.165, 1.54) is 134 Å². The maximum atomic E-state index is 13.2. The van der Waals surface area contributed by atoms with Gasteiger partial charge in [0.15, 0.2) is 0 Å². The summed E-state index contributed by atoms with van der Waals surface area (Å²) in [6.07, 6.45) is 33.7. The Morgan fingerprint density at radius 3 is 2.11 bits per heavy atom. The number of hydrogen-bond acceptors (Lipinski definition) is 5. The summed E-state index contributed by atoms with van der Waals surface area (Å²) in [5.41, 5.74) is 2.38. The molecule has 0 aromatic carbocycles. The Morgan fingerprint density at radius 1 is 0.786 bits per heavy atom. The lowest BCUT2D eigenvalue weighted by Gasteiger charge is -2.58. The first-order valence-electron chi connectivity index (χ1n) is 24.3. The molecule has 0 heterocycles. The molecule has 1 amide bonds. The number of esters is 1. The third-order valence-corrected chi connectivity index (χ3v) is 16.6. The summed E-state index contributed by atoms with van der Waals surface area (Å²) in [4.78, 5) is 30.6. The zero-order chi connectivity index (χ0) is 40.6. The van der Waals surface area contributed by atoms with Crippen molar-refractivity contribution < 1.29 is 14.3 Å². The highest BCUT2D eigenvalue weighted by atomic mass is 32.2. The van der Waals surface area contributed by atoms with Crippen LogP contribution < -0.4 is 0 Å². The van der Waals surface area contributed by atoms with Crippen LogP contribution in [0.2, 0.25) is 0 Å². The Kier molecular flexibility index (Phi) is 20.7. The molecule has 0 N–H and O–H groups in total. The number of ether oxygens (including phenoxy) is 1. The van der Waals surface area contributed by atoms with Crippen LogP contribution in [0.3, 0.4) is 0 Å². The van der Waals surface area contributed by atoms with Gasteiger partial charge in [-0.05, 0) is 118 Å². The summed E-state index contributed by atoms with van der Waals surface area (Å²) in [6.45, 7) is 17.2. The lowest BCUT2D eigenvalue weighted by molar-refractivity contribution is -0.151. The van der Waals surface area contributed by atoms with E-state index in [4.69, 9.17) is 4.74 Å². The molecule has 0 aromatic heterocycles. The molecule has 4 aliphatic carbocycles. The number of carbonyl (C=O) groups excluding carboxylic acids is 2. The number of amides is 1. The van der Waals surface area contributed by atoms with E-state index in [1.54, 1.807) is 5.57 Å². The second kappa shape index (κ2) is 24.3. The summed E-state index contributed by atoms with van der Waals surface area (Å²) < 4.78 is 6.21. The van der Waals surface area contributed by atoms with Gasteiger partial charge in [0, 0.05) is 38.2 Å². The number of thioether (sulfide) groups is 1. The fourth-order valence-corrected chi connectivity index (χ4v) is 13.3. The monoisotopic (exact) mass is 799 g/mol. The minimum atomic E-state index is -0.0705. The molecule has 8 atom stereocenters. The Balaban J connectivity index is 1.19. The molecular formula is C50H90N2O3S. The van der Waals surface area contributed by atoms with Crippen LogP contribution in [0.15, 0.2) is 11.6 Å². The first-order valence-corrected chi connectivity index (χ1v) is 25.3. The maximum Gasteiger partial charge on any atom is 0.306 e. The van der Waals surface area contributed by atoms with Crippen LogP contribution in [0.4, 0.5) is 4.79 Å².